The molecule has 1 saturated carbocycles. The highest BCUT2D eigenvalue weighted by molar-refractivity contribution is 5.89. The first-order chi connectivity index (χ1) is 17.5. The molecule has 0 unspecified atom stereocenters. The number of aromatic nitrogens is 2. The van der Waals surface area contributed by atoms with Crippen molar-refractivity contribution in [3.63, 3.8) is 0 Å². The summed E-state index contributed by atoms with van der Waals surface area (Å²) in [5.41, 5.74) is 12.4. The fourth-order valence-corrected chi connectivity index (χ4v) is 4.95. The second kappa shape index (κ2) is 11.0. The van der Waals surface area contributed by atoms with Crippen molar-refractivity contribution < 1.29 is 9.59 Å². The Labute approximate surface area is 217 Å². The van der Waals surface area contributed by atoms with Crippen molar-refractivity contribution in [1.29, 1.82) is 0 Å². The lowest BCUT2D eigenvalue weighted by Crippen LogP contribution is -2.58. The second-order valence-electron chi connectivity index (χ2n) is 10.7. The van der Waals surface area contributed by atoms with Crippen LogP contribution in [0.2, 0.25) is 0 Å². The fourth-order valence-electron chi connectivity index (χ4n) is 4.95. The van der Waals surface area contributed by atoms with Crippen LogP contribution in [0.3, 0.4) is 0 Å². The van der Waals surface area contributed by atoms with Gasteiger partial charge in [0, 0.05) is 51.0 Å². The van der Waals surface area contributed by atoms with Gasteiger partial charge < -0.3 is 21.3 Å². The molecular weight excluding hydrogens is 472 g/mol. The van der Waals surface area contributed by atoms with Crippen molar-refractivity contribution in [2.24, 2.45) is 11.5 Å². The van der Waals surface area contributed by atoms with Gasteiger partial charge in [-0.25, -0.2) is 9.59 Å². The van der Waals surface area contributed by atoms with E-state index < -0.39 is 11.2 Å². The van der Waals surface area contributed by atoms with Gasteiger partial charge in [0.15, 0.2) is 0 Å². The molecule has 11 nitrogen and oxygen atoms in total. The van der Waals surface area contributed by atoms with E-state index in [0.29, 0.717) is 44.0 Å². The average Bonchev–Trinajstić information content (AvgIpc) is 3.30. The highest BCUT2D eigenvalue weighted by Gasteiger charge is 2.31. The van der Waals surface area contributed by atoms with Crippen LogP contribution in [0.4, 0.5) is 10.6 Å². The molecule has 1 saturated heterocycles. The Morgan fingerprint density at radius 3 is 2.30 bits per heavy atom. The Morgan fingerprint density at radius 1 is 1.08 bits per heavy atom. The van der Waals surface area contributed by atoms with Gasteiger partial charge in [0.25, 0.3) is 0 Å². The zero-order valence-electron chi connectivity index (χ0n) is 21.9. The van der Waals surface area contributed by atoms with Crippen LogP contribution in [0, 0.1) is 0 Å². The summed E-state index contributed by atoms with van der Waals surface area (Å²) in [4.78, 5) is 47.3. The predicted octanol–water partition coefficient (Wildman–Crippen LogP) is 0.958. The quantitative estimate of drug-likeness (QED) is 0.525. The molecule has 4 rings (SSSR count). The van der Waals surface area contributed by atoms with Crippen molar-refractivity contribution in [3.05, 3.63) is 52.6 Å². The molecule has 3 amide bonds. The number of hydrogen-bond donors (Lipinski definition) is 3. The summed E-state index contributed by atoms with van der Waals surface area (Å²) in [7, 11) is 2.12. The highest BCUT2D eigenvalue weighted by Crippen LogP contribution is 2.23. The standard InChI is InChI=1S/C26H38N8O3/c1-26(2,28)23(35)32-12-14-33(15-13-32)24(36)29-22-10-11-34(25(37)30-22)20-7-4-18(5-8-20)17-31(3)21-9-6-19(27)16-21/h4-5,7-8,10-11,19,21H,6,9,12-17,27-28H2,1-3H3,(H,29,30,36,37)/t19-,21+/m0/s1. The molecule has 2 atom stereocenters. The summed E-state index contributed by atoms with van der Waals surface area (Å²) in [6.07, 6.45) is 4.83. The third kappa shape index (κ3) is 6.54. The molecule has 2 aliphatic rings. The molecular formula is C26H38N8O3. The average molecular weight is 511 g/mol. The second-order valence-corrected chi connectivity index (χ2v) is 10.7. The number of carbonyl (C=O) groups excluding carboxylic acids is 2. The molecule has 0 spiro atoms. The van der Waals surface area contributed by atoms with Crippen LogP contribution in [0.15, 0.2) is 41.3 Å². The molecule has 1 aliphatic heterocycles. The Balaban J connectivity index is 1.32. The predicted molar refractivity (Wildman–Crippen MR) is 142 cm³/mol. The Bertz CT molecular complexity index is 1170. The summed E-state index contributed by atoms with van der Waals surface area (Å²) < 4.78 is 1.44. The maximum atomic E-state index is 12.7. The van der Waals surface area contributed by atoms with Crippen LogP contribution in [0.25, 0.3) is 5.69 Å². The maximum absolute atomic E-state index is 12.7. The number of nitrogens with two attached hydrogens (primary N) is 2. The van der Waals surface area contributed by atoms with Crippen molar-refractivity contribution in [3.8, 4) is 5.69 Å². The van der Waals surface area contributed by atoms with Gasteiger partial charge in [-0.1, -0.05) is 12.1 Å². The third-order valence-electron chi connectivity index (χ3n) is 7.16. The fraction of sp³-hybridized carbons (Fsp3) is 0.538. The van der Waals surface area contributed by atoms with Crippen LogP contribution < -0.4 is 22.5 Å². The van der Waals surface area contributed by atoms with E-state index in [1.807, 2.05) is 24.3 Å². The van der Waals surface area contributed by atoms with Crippen molar-refractivity contribution in [1.82, 2.24) is 24.3 Å². The molecule has 5 N–H and O–H groups in total. The van der Waals surface area contributed by atoms with E-state index >= 15 is 0 Å². The van der Waals surface area contributed by atoms with E-state index in [1.165, 1.54) is 4.57 Å². The zero-order valence-corrected chi connectivity index (χ0v) is 21.9. The van der Waals surface area contributed by atoms with Gasteiger partial charge in [0.2, 0.25) is 5.91 Å². The number of nitrogens with zero attached hydrogens (tertiary/aromatic N) is 5. The minimum atomic E-state index is -0.945. The zero-order chi connectivity index (χ0) is 26.7. The molecule has 1 aromatic carbocycles. The number of urea groups is 1. The van der Waals surface area contributed by atoms with Crippen molar-refractivity contribution >= 4 is 17.8 Å². The first-order valence-electron chi connectivity index (χ1n) is 12.8. The Morgan fingerprint density at radius 2 is 1.73 bits per heavy atom. The van der Waals surface area contributed by atoms with E-state index in [4.69, 9.17) is 11.5 Å². The lowest BCUT2D eigenvalue weighted by atomic mass is 10.1. The summed E-state index contributed by atoms with van der Waals surface area (Å²) in [5.74, 6) is 0.0392. The SMILES string of the molecule is CN(Cc1ccc(-n2ccc(NC(=O)N3CCN(C(=O)C(C)(C)N)CC3)nc2=O)cc1)[C@@H]1CC[C@H](N)C1. The number of piperazine rings is 1. The number of rotatable bonds is 6. The van der Waals surface area contributed by atoms with Gasteiger partial charge in [-0.15, -0.1) is 0 Å². The molecule has 0 bridgehead atoms. The minimum Gasteiger partial charge on any atom is -0.338 e. The summed E-state index contributed by atoms with van der Waals surface area (Å²) in [6.45, 7) is 5.72. The van der Waals surface area contributed by atoms with Gasteiger partial charge in [0.1, 0.15) is 5.82 Å². The van der Waals surface area contributed by atoms with Crippen molar-refractivity contribution in [2.75, 3.05) is 38.5 Å². The topological polar surface area (TPSA) is 143 Å². The maximum Gasteiger partial charge on any atom is 0.354 e. The minimum absolute atomic E-state index is 0.142. The summed E-state index contributed by atoms with van der Waals surface area (Å²) in [6, 6.07) is 9.86. The first-order valence-corrected chi connectivity index (χ1v) is 12.8. The van der Waals surface area contributed by atoms with Gasteiger partial charge in [0.05, 0.1) is 11.2 Å². The van der Waals surface area contributed by atoms with E-state index in [-0.39, 0.29) is 17.8 Å². The smallest absolute Gasteiger partial charge is 0.338 e. The van der Waals surface area contributed by atoms with Crippen molar-refractivity contribution in [2.45, 2.75) is 57.3 Å². The van der Waals surface area contributed by atoms with Crippen LogP contribution >= 0.6 is 0 Å². The Hall–Kier alpha value is -3.28. The number of hydrogen-bond acceptors (Lipinski definition) is 7. The number of carbonyl (C=O) groups is 2. The molecule has 1 aliphatic carbocycles. The van der Waals surface area contributed by atoms with E-state index in [9.17, 15) is 14.4 Å². The number of amides is 3. The summed E-state index contributed by atoms with van der Waals surface area (Å²) >= 11 is 0. The number of nitrogens with one attached hydrogen (secondary N) is 1. The van der Waals surface area contributed by atoms with Crippen LogP contribution in [-0.2, 0) is 11.3 Å². The number of benzene rings is 1. The van der Waals surface area contributed by atoms with Gasteiger partial charge in [-0.3, -0.25) is 19.6 Å². The molecule has 200 valence electrons. The van der Waals surface area contributed by atoms with E-state index in [0.717, 1.165) is 31.4 Å². The lowest BCUT2D eigenvalue weighted by Gasteiger charge is -2.37. The van der Waals surface area contributed by atoms with E-state index in [2.05, 4.69) is 22.2 Å². The number of anilines is 1. The molecule has 0 radical (unpaired) electrons. The van der Waals surface area contributed by atoms with Crippen LogP contribution in [0.5, 0.6) is 0 Å². The molecule has 2 fully saturated rings. The largest absolute Gasteiger partial charge is 0.354 e. The molecule has 1 aromatic heterocycles. The van der Waals surface area contributed by atoms with Crippen LogP contribution in [0.1, 0.15) is 38.7 Å². The normalized spacial score (nSPS) is 20.4. The monoisotopic (exact) mass is 510 g/mol. The molecule has 11 heteroatoms. The Kier molecular flexibility index (Phi) is 7.96. The third-order valence-corrected chi connectivity index (χ3v) is 7.16. The van der Waals surface area contributed by atoms with Gasteiger partial charge in [-0.05, 0) is 63.9 Å². The lowest BCUT2D eigenvalue weighted by molar-refractivity contribution is -0.137. The van der Waals surface area contributed by atoms with E-state index in [1.54, 1.807) is 35.9 Å². The summed E-state index contributed by atoms with van der Waals surface area (Å²) in [5, 5.41) is 2.69. The van der Waals surface area contributed by atoms with Crippen LogP contribution in [-0.4, -0.2) is 87.0 Å². The molecule has 2 heterocycles. The highest BCUT2D eigenvalue weighted by atomic mass is 16.2. The van der Waals surface area contributed by atoms with Gasteiger partial charge >= 0.3 is 11.7 Å². The first kappa shape index (κ1) is 26.8. The van der Waals surface area contributed by atoms with Gasteiger partial charge in [-0.2, -0.15) is 4.98 Å². The molecule has 37 heavy (non-hydrogen) atoms. The molecule has 2 aromatic rings.